The molecule has 0 unspecified atom stereocenters. The van der Waals surface area contributed by atoms with E-state index in [2.05, 4.69) is 6.07 Å². The first-order chi connectivity index (χ1) is 13.7. The highest BCUT2D eigenvalue weighted by Gasteiger charge is 2.09. The van der Waals surface area contributed by atoms with Crippen LogP contribution in [0.1, 0.15) is 23.6 Å². The van der Waals surface area contributed by atoms with E-state index in [4.69, 9.17) is 21.1 Å². The van der Waals surface area contributed by atoms with Gasteiger partial charge in [0, 0.05) is 10.6 Å². The largest absolute Gasteiger partial charge is 0.490 e. The molecule has 3 nitrogen and oxygen atoms in total. The van der Waals surface area contributed by atoms with Crippen molar-refractivity contribution in [2.75, 3.05) is 6.61 Å². The molecule has 140 valence electrons. The van der Waals surface area contributed by atoms with Gasteiger partial charge in [-0.15, -0.1) is 0 Å². The number of nitrogens with zero attached hydrogens (tertiary/aromatic N) is 1. The molecule has 0 N–H and O–H groups in total. The Balaban J connectivity index is 1.87. The van der Waals surface area contributed by atoms with E-state index in [1.165, 1.54) is 0 Å². The minimum atomic E-state index is 0.458. The summed E-state index contributed by atoms with van der Waals surface area (Å²) in [5, 5.41) is 10.1. The molecule has 0 aliphatic heterocycles. The van der Waals surface area contributed by atoms with Crippen molar-refractivity contribution in [3.8, 4) is 17.6 Å². The zero-order valence-corrected chi connectivity index (χ0v) is 16.3. The van der Waals surface area contributed by atoms with Crippen molar-refractivity contribution in [2.45, 2.75) is 13.5 Å². The lowest BCUT2D eigenvalue weighted by atomic mass is 10.0. The van der Waals surface area contributed by atoms with Crippen molar-refractivity contribution in [2.24, 2.45) is 0 Å². The van der Waals surface area contributed by atoms with Crippen molar-refractivity contribution in [1.29, 1.82) is 5.26 Å². The van der Waals surface area contributed by atoms with Crippen LogP contribution in [-0.2, 0) is 6.61 Å². The van der Waals surface area contributed by atoms with Crippen molar-refractivity contribution < 1.29 is 9.47 Å². The van der Waals surface area contributed by atoms with Crippen molar-refractivity contribution >= 4 is 23.3 Å². The Morgan fingerprint density at radius 3 is 2.43 bits per heavy atom. The fourth-order valence-electron chi connectivity index (χ4n) is 2.75. The zero-order valence-electron chi connectivity index (χ0n) is 15.6. The molecule has 3 aromatic rings. The molecule has 0 aromatic heterocycles. The Kier molecular flexibility index (Phi) is 6.73. The molecule has 0 radical (unpaired) electrons. The molecule has 3 aromatic carbocycles. The van der Waals surface area contributed by atoms with Gasteiger partial charge in [-0.2, -0.15) is 5.26 Å². The quantitative estimate of drug-likeness (QED) is 0.347. The molecule has 0 atom stereocenters. The van der Waals surface area contributed by atoms with Crippen molar-refractivity contribution in [1.82, 2.24) is 0 Å². The Morgan fingerprint density at radius 1 is 0.964 bits per heavy atom. The summed E-state index contributed by atoms with van der Waals surface area (Å²) in [5.41, 5.74) is 3.12. The smallest absolute Gasteiger partial charge is 0.161 e. The zero-order chi connectivity index (χ0) is 19.8. The lowest BCUT2D eigenvalue weighted by molar-refractivity contribution is 0.269. The van der Waals surface area contributed by atoms with Gasteiger partial charge in [-0.3, -0.25) is 0 Å². The topological polar surface area (TPSA) is 42.2 Å². The van der Waals surface area contributed by atoms with Crippen LogP contribution >= 0.6 is 11.6 Å². The number of rotatable bonds is 7. The Labute approximate surface area is 170 Å². The van der Waals surface area contributed by atoms with Gasteiger partial charge in [0.2, 0.25) is 0 Å². The highest BCUT2D eigenvalue weighted by atomic mass is 35.5. The third kappa shape index (κ3) is 4.94. The first-order valence-corrected chi connectivity index (χ1v) is 9.39. The van der Waals surface area contributed by atoms with Crippen LogP contribution in [0.2, 0.25) is 5.02 Å². The minimum absolute atomic E-state index is 0.458. The van der Waals surface area contributed by atoms with Crippen LogP contribution in [0.4, 0.5) is 0 Å². The predicted molar refractivity (Wildman–Crippen MR) is 113 cm³/mol. The monoisotopic (exact) mass is 389 g/mol. The molecule has 0 spiro atoms. The summed E-state index contributed by atoms with van der Waals surface area (Å²) in [7, 11) is 0. The van der Waals surface area contributed by atoms with Crippen LogP contribution < -0.4 is 9.47 Å². The Bertz CT molecular complexity index is 1010. The summed E-state index contributed by atoms with van der Waals surface area (Å²) in [5.74, 6) is 1.31. The van der Waals surface area contributed by atoms with Crippen LogP contribution in [0.15, 0.2) is 72.8 Å². The molecule has 0 amide bonds. The summed E-state index contributed by atoms with van der Waals surface area (Å²) >= 11 is 6.23. The number of halogens is 1. The fraction of sp³-hybridized carbons (Fsp3) is 0.125. The van der Waals surface area contributed by atoms with E-state index < -0.39 is 0 Å². The first kappa shape index (κ1) is 19.5. The number of allylic oxidation sites excluding steroid dienone is 1. The molecule has 0 aliphatic rings. The molecule has 0 aliphatic carbocycles. The summed E-state index contributed by atoms with van der Waals surface area (Å²) in [4.78, 5) is 0. The summed E-state index contributed by atoms with van der Waals surface area (Å²) in [6, 6.07) is 25.1. The highest BCUT2D eigenvalue weighted by Crippen LogP contribution is 2.32. The van der Waals surface area contributed by atoms with E-state index in [0.717, 1.165) is 11.1 Å². The maximum absolute atomic E-state index is 9.57. The van der Waals surface area contributed by atoms with Gasteiger partial charge in [-0.05, 0) is 42.3 Å². The molecule has 4 heteroatoms. The lowest BCUT2D eigenvalue weighted by Gasteiger charge is -2.13. The third-order valence-electron chi connectivity index (χ3n) is 4.10. The lowest BCUT2D eigenvalue weighted by Crippen LogP contribution is -2.00. The van der Waals surface area contributed by atoms with E-state index in [1.807, 2.05) is 73.7 Å². The average Bonchev–Trinajstić information content (AvgIpc) is 2.73. The molecule has 0 bridgehead atoms. The second-order valence-electron chi connectivity index (χ2n) is 6.06. The van der Waals surface area contributed by atoms with Crippen molar-refractivity contribution in [3.63, 3.8) is 0 Å². The summed E-state index contributed by atoms with van der Waals surface area (Å²) in [6.45, 7) is 2.90. The van der Waals surface area contributed by atoms with Gasteiger partial charge in [0.15, 0.2) is 11.5 Å². The van der Waals surface area contributed by atoms with Crippen LogP contribution in [0.3, 0.4) is 0 Å². The average molecular weight is 390 g/mol. The molecular weight excluding hydrogens is 370 g/mol. The van der Waals surface area contributed by atoms with Gasteiger partial charge < -0.3 is 9.47 Å². The highest BCUT2D eigenvalue weighted by molar-refractivity contribution is 6.32. The van der Waals surface area contributed by atoms with E-state index in [-0.39, 0.29) is 0 Å². The standard InChI is InChI=1S/C24H20ClNO2/c1-2-27-24-15-19(14-20(16-26)21-10-6-7-11-22(21)25)12-13-23(24)28-17-18-8-4-3-5-9-18/h3-15H,2,17H2,1H3. The van der Waals surface area contributed by atoms with Crippen LogP contribution in [0.5, 0.6) is 11.5 Å². The Hall–Kier alpha value is -3.22. The number of ether oxygens (including phenoxy) is 2. The number of hydrogen-bond acceptors (Lipinski definition) is 3. The van der Waals surface area contributed by atoms with E-state index in [0.29, 0.717) is 40.9 Å². The van der Waals surface area contributed by atoms with Gasteiger partial charge in [-0.1, -0.05) is 66.2 Å². The SMILES string of the molecule is CCOc1cc(C=C(C#N)c2ccccc2Cl)ccc1OCc1ccccc1. The molecule has 0 heterocycles. The summed E-state index contributed by atoms with van der Waals surface area (Å²) < 4.78 is 11.7. The first-order valence-electron chi connectivity index (χ1n) is 9.01. The van der Waals surface area contributed by atoms with Gasteiger partial charge in [0.05, 0.1) is 18.2 Å². The molecule has 28 heavy (non-hydrogen) atoms. The van der Waals surface area contributed by atoms with E-state index in [1.54, 1.807) is 12.1 Å². The number of benzene rings is 3. The van der Waals surface area contributed by atoms with E-state index in [9.17, 15) is 5.26 Å². The minimum Gasteiger partial charge on any atom is -0.490 e. The second kappa shape index (κ2) is 9.64. The normalized spacial score (nSPS) is 11.0. The van der Waals surface area contributed by atoms with Crippen LogP contribution in [0, 0.1) is 11.3 Å². The maximum Gasteiger partial charge on any atom is 0.161 e. The third-order valence-corrected chi connectivity index (χ3v) is 4.43. The van der Waals surface area contributed by atoms with Crippen molar-refractivity contribution in [3.05, 3.63) is 94.5 Å². The van der Waals surface area contributed by atoms with Gasteiger partial charge >= 0.3 is 0 Å². The summed E-state index contributed by atoms with van der Waals surface area (Å²) in [6.07, 6.45) is 1.80. The maximum atomic E-state index is 9.57. The number of hydrogen-bond donors (Lipinski definition) is 0. The molecule has 0 fully saturated rings. The van der Waals surface area contributed by atoms with Crippen LogP contribution in [0.25, 0.3) is 11.6 Å². The molecule has 3 rings (SSSR count). The van der Waals surface area contributed by atoms with Gasteiger partial charge in [-0.25, -0.2) is 0 Å². The molecule has 0 saturated heterocycles. The predicted octanol–water partition coefficient (Wildman–Crippen LogP) is 6.38. The van der Waals surface area contributed by atoms with E-state index >= 15 is 0 Å². The second-order valence-corrected chi connectivity index (χ2v) is 6.47. The van der Waals surface area contributed by atoms with Crippen LogP contribution in [-0.4, -0.2) is 6.61 Å². The molecule has 0 saturated carbocycles. The van der Waals surface area contributed by atoms with Gasteiger partial charge in [0.25, 0.3) is 0 Å². The number of nitriles is 1. The fourth-order valence-corrected chi connectivity index (χ4v) is 2.99. The molecular formula is C24H20ClNO2. The Morgan fingerprint density at radius 2 is 1.71 bits per heavy atom. The van der Waals surface area contributed by atoms with Gasteiger partial charge in [0.1, 0.15) is 6.61 Å².